The summed E-state index contributed by atoms with van der Waals surface area (Å²) in [5.41, 5.74) is 0.838. The van der Waals surface area contributed by atoms with E-state index in [9.17, 15) is 14.9 Å². The van der Waals surface area contributed by atoms with Crippen LogP contribution in [-0.2, 0) is 4.74 Å². The fraction of sp³-hybridized carbons (Fsp3) is 0.167. The lowest BCUT2D eigenvalue weighted by Crippen LogP contribution is -2.14. The summed E-state index contributed by atoms with van der Waals surface area (Å²) in [4.78, 5) is 25.1. The lowest BCUT2D eigenvalue weighted by atomic mass is 10.1. The zero-order valence-electron chi connectivity index (χ0n) is 13.8. The summed E-state index contributed by atoms with van der Waals surface area (Å²) in [6.07, 6.45) is 0. The summed E-state index contributed by atoms with van der Waals surface area (Å²) in [5, 5.41) is 12.7. The Hall–Kier alpha value is -2.93. The van der Waals surface area contributed by atoms with Gasteiger partial charge in [-0.05, 0) is 19.1 Å². The van der Waals surface area contributed by atoms with Crippen LogP contribution in [-0.4, -0.2) is 24.5 Å². The zero-order valence-corrected chi connectivity index (χ0v) is 14.6. The van der Waals surface area contributed by atoms with Crippen molar-refractivity contribution in [2.75, 3.05) is 18.6 Å². The van der Waals surface area contributed by atoms with Crippen molar-refractivity contribution in [1.29, 1.82) is 0 Å². The number of para-hydroxylation sites is 2. The Bertz CT molecular complexity index is 951. The molecule has 1 heterocycles. The Kier molecular flexibility index (Phi) is 4.67. The van der Waals surface area contributed by atoms with Gasteiger partial charge in [0.05, 0.1) is 11.5 Å². The molecule has 0 fully saturated rings. The van der Waals surface area contributed by atoms with Crippen molar-refractivity contribution >= 4 is 43.8 Å². The molecule has 25 heavy (non-hydrogen) atoms. The summed E-state index contributed by atoms with van der Waals surface area (Å²) in [7, 11) is 1.72. The number of nitro groups is 1. The number of benzene rings is 2. The summed E-state index contributed by atoms with van der Waals surface area (Å²) in [6, 6.07) is 14.0. The molecule has 0 aliphatic heterocycles. The van der Waals surface area contributed by atoms with Gasteiger partial charge in [0.25, 0.3) is 5.69 Å². The first kappa shape index (κ1) is 16.9. The van der Waals surface area contributed by atoms with Crippen molar-refractivity contribution in [1.82, 2.24) is 0 Å². The minimum atomic E-state index is -0.430. The van der Waals surface area contributed by atoms with Gasteiger partial charge in [-0.3, -0.25) is 10.1 Å². The predicted octanol–water partition coefficient (Wildman–Crippen LogP) is 4.75. The monoisotopic (exact) mass is 356 g/mol. The number of nitrogens with zero attached hydrogens (tertiary/aromatic N) is 2. The standard InChI is InChI=1S/C18H16N2O4S/c1-3-24-18(21)16-12-8-4-7-11-15(12)25-17(16)19(2)13-9-5-6-10-14(13)20(22)23/h4-11H,3H2,1-2H3. The number of ether oxygens (including phenoxy) is 1. The fourth-order valence-electron chi connectivity index (χ4n) is 2.68. The Morgan fingerprint density at radius 1 is 1.20 bits per heavy atom. The molecular formula is C18H16N2O4S. The van der Waals surface area contributed by atoms with E-state index >= 15 is 0 Å². The summed E-state index contributed by atoms with van der Waals surface area (Å²) < 4.78 is 6.13. The van der Waals surface area contributed by atoms with Crippen LogP contribution in [0.5, 0.6) is 0 Å². The van der Waals surface area contributed by atoms with E-state index in [4.69, 9.17) is 4.74 Å². The highest BCUT2D eigenvalue weighted by atomic mass is 32.1. The predicted molar refractivity (Wildman–Crippen MR) is 98.9 cm³/mol. The second-order valence-corrected chi connectivity index (χ2v) is 6.33. The van der Waals surface area contributed by atoms with Crippen LogP contribution in [0.1, 0.15) is 17.3 Å². The molecule has 3 rings (SSSR count). The van der Waals surface area contributed by atoms with Crippen LogP contribution < -0.4 is 4.90 Å². The number of hydrogen-bond donors (Lipinski definition) is 0. The number of nitro benzene ring substituents is 1. The maximum Gasteiger partial charge on any atom is 0.341 e. The van der Waals surface area contributed by atoms with Gasteiger partial charge in [0.1, 0.15) is 16.3 Å². The largest absolute Gasteiger partial charge is 0.462 e. The van der Waals surface area contributed by atoms with E-state index in [0.717, 1.165) is 10.1 Å². The second-order valence-electron chi connectivity index (χ2n) is 5.30. The molecule has 0 amide bonds. The molecular weight excluding hydrogens is 340 g/mol. The summed E-state index contributed by atoms with van der Waals surface area (Å²) >= 11 is 1.40. The molecule has 0 aliphatic rings. The van der Waals surface area contributed by atoms with Gasteiger partial charge in [0, 0.05) is 23.2 Å². The number of esters is 1. The smallest absolute Gasteiger partial charge is 0.341 e. The van der Waals surface area contributed by atoms with E-state index in [-0.39, 0.29) is 12.3 Å². The Morgan fingerprint density at radius 3 is 2.60 bits per heavy atom. The minimum Gasteiger partial charge on any atom is -0.462 e. The molecule has 1 aromatic heterocycles. The Labute approximate surface area is 148 Å². The van der Waals surface area contributed by atoms with Gasteiger partial charge in [0.15, 0.2) is 0 Å². The molecule has 6 nitrogen and oxygen atoms in total. The van der Waals surface area contributed by atoms with Crippen LogP contribution in [0.4, 0.5) is 16.4 Å². The third-order valence-electron chi connectivity index (χ3n) is 3.80. The highest BCUT2D eigenvalue weighted by molar-refractivity contribution is 7.23. The number of carbonyl (C=O) groups excluding carboxylic acids is 1. The third kappa shape index (κ3) is 3.06. The quantitative estimate of drug-likeness (QED) is 0.374. The molecule has 0 bridgehead atoms. The van der Waals surface area contributed by atoms with Crippen LogP contribution in [0.15, 0.2) is 48.5 Å². The van der Waals surface area contributed by atoms with Crippen LogP contribution in [0.25, 0.3) is 10.1 Å². The first-order chi connectivity index (χ1) is 12.0. The molecule has 0 unspecified atom stereocenters. The number of thiophene rings is 1. The maximum absolute atomic E-state index is 12.5. The fourth-order valence-corrected chi connectivity index (χ4v) is 3.85. The van der Waals surface area contributed by atoms with E-state index in [2.05, 4.69) is 0 Å². The van der Waals surface area contributed by atoms with Gasteiger partial charge in [-0.2, -0.15) is 0 Å². The first-order valence-corrected chi connectivity index (χ1v) is 8.52. The normalized spacial score (nSPS) is 10.6. The SMILES string of the molecule is CCOC(=O)c1c(N(C)c2ccccc2[N+](=O)[O-])sc2ccccc12. The van der Waals surface area contributed by atoms with Crippen molar-refractivity contribution in [2.24, 2.45) is 0 Å². The molecule has 2 aromatic carbocycles. The van der Waals surface area contributed by atoms with Crippen molar-refractivity contribution < 1.29 is 14.5 Å². The Morgan fingerprint density at radius 2 is 1.88 bits per heavy atom. The van der Waals surface area contributed by atoms with E-state index in [1.54, 1.807) is 37.1 Å². The summed E-state index contributed by atoms with van der Waals surface area (Å²) in [6.45, 7) is 2.01. The van der Waals surface area contributed by atoms with E-state index < -0.39 is 10.9 Å². The average Bonchev–Trinajstić information content (AvgIpc) is 3.00. The molecule has 128 valence electrons. The molecule has 0 radical (unpaired) electrons. The van der Waals surface area contributed by atoms with E-state index in [0.29, 0.717) is 16.3 Å². The van der Waals surface area contributed by atoms with Crippen molar-refractivity contribution in [3.8, 4) is 0 Å². The van der Waals surface area contributed by atoms with Gasteiger partial charge >= 0.3 is 5.97 Å². The molecule has 0 N–H and O–H groups in total. The average molecular weight is 356 g/mol. The first-order valence-electron chi connectivity index (χ1n) is 7.70. The highest BCUT2D eigenvalue weighted by Gasteiger charge is 2.26. The molecule has 0 saturated heterocycles. The Balaban J connectivity index is 2.20. The van der Waals surface area contributed by atoms with Gasteiger partial charge in [-0.15, -0.1) is 11.3 Å². The number of rotatable bonds is 5. The lowest BCUT2D eigenvalue weighted by molar-refractivity contribution is -0.384. The van der Waals surface area contributed by atoms with E-state index in [1.807, 2.05) is 24.3 Å². The van der Waals surface area contributed by atoms with Gasteiger partial charge in [0.2, 0.25) is 0 Å². The van der Waals surface area contributed by atoms with Crippen LogP contribution in [0, 0.1) is 10.1 Å². The minimum absolute atomic E-state index is 0.0164. The number of fused-ring (bicyclic) bond motifs is 1. The number of carbonyl (C=O) groups is 1. The molecule has 0 atom stereocenters. The number of hydrogen-bond acceptors (Lipinski definition) is 6. The number of anilines is 2. The second kappa shape index (κ2) is 6.90. The van der Waals surface area contributed by atoms with Crippen molar-refractivity contribution in [3.63, 3.8) is 0 Å². The van der Waals surface area contributed by atoms with Crippen LogP contribution >= 0.6 is 11.3 Å². The summed E-state index contributed by atoms with van der Waals surface area (Å²) in [5.74, 6) is -0.430. The van der Waals surface area contributed by atoms with Crippen LogP contribution in [0.3, 0.4) is 0 Å². The van der Waals surface area contributed by atoms with Gasteiger partial charge < -0.3 is 9.64 Å². The zero-order chi connectivity index (χ0) is 18.0. The van der Waals surface area contributed by atoms with Gasteiger partial charge in [-0.25, -0.2) is 4.79 Å². The highest BCUT2D eigenvalue weighted by Crippen LogP contribution is 2.42. The molecule has 7 heteroatoms. The van der Waals surface area contributed by atoms with Crippen molar-refractivity contribution in [3.05, 3.63) is 64.2 Å². The molecule has 3 aromatic rings. The molecule has 0 spiro atoms. The molecule has 0 saturated carbocycles. The van der Waals surface area contributed by atoms with E-state index in [1.165, 1.54) is 17.4 Å². The lowest BCUT2D eigenvalue weighted by Gasteiger charge is -2.18. The topological polar surface area (TPSA) is 72.7 Å². The third-order valence-corrected chi connectivity index (χ3v) is 5.05. The van der Waals surface area contributed by atoms with Gasteiger partial charge in [-0.1, -0.05) is 30.3 Å². The molecule has 0 aliphatic carbocycles. The van der Waals surface area contributed by atoms with Crippen molar-refractivity contribution in [2.45, 2.75) is 6.92 Å². The maximum atomic E-state index is 12.5. The van der Waals surface area contributed by atoms with Crippen LogP contribution in [0.2, 0.25) is 0 Å².